The van der Waals surface area contributed by atoms with Gasteiger partial charge in [-0.05, 0) is 60.6 Å². The van der Waals surface area contributed by atoms with E-state index in [2.05, 4.69) is 4.90 Å². The SMILES string of the molecule is COc1ccc(CN2C(=S)N(c3ccc(Cl)cc3)[C@H]3[C@@H]2[C@H]2OC(=O)[C@H]3C[C@H]2O)cc1. The van der Waals surface area contributed by atoms with Gasteiger partial charge in [-0.25, -0.2) is 0 Å². The molecule has 3 saturated heterocycles. The van der Waals surface area contributed by atoms with Gasteiger partial charge < -0.3 is 24.4 Å². The second-order valence-electron chi connectivity index (χ2n) is 7.90. The van der Waals surface area contributed by atoms with Gasteiger partial charge in [-0.1, -0.05) is 23.7 Å². The maximum absolute atomic E-state index is 12.6. The van der Waals surface area contributed by atoms with Gasteiger partial charge in [0.25, 0.3) is 0 Å². The number of methoxy groups -OCH3 is 1. The van der Waals surface area contributed by atoms with Crippen LogP contribution in [0, 0.1) is 5.92 Å². The number of hydrogen-bond donors (Lipinski definition) is 1. The second kappa shape index (κ2) is 7.41. The lowest BCUT2D eigenvalue weighted by Gasteiger charge is -2.49. The molecular formula is C22H21ClN2O4S. The maximum Gasteiger partial charge on any atom is 0.311 e. The zero-order chi connectivity index (χ0) is 21.0. The zero-order valence-corrected chi connectivity index (χ0v) is 17.8. The van der Waals surface area contributed by atoms with Crippen molar-refractivity contribution in [2.75, 3.05) is 12.0 Å². The molecule has 2 bridgehead atoms. The molecule has 2 aromatic rings. The number of carbonyl (C=O) groups excluding carboxylic acids is 1. The van der Waals surface area contributed by atoms with Gasteiger partial charge in [0.1, 0.15) is 11.9 Å². The minimum Gasteiger partial charge on any atom is -0.497 e. The van der Waals surface area contributed by atoms with Gasteiger partial charge in [-0.3, -0.25) is 4.79 Å². The fraction of sp³-hybridized carbons (Fsp3) is 0.364. The molecule has 0 spiro atoms. The Morgan fingerprint density at radius 2 is 1.87 bits per heavy atom. The van der Waals surface area contributed by atoms with Crippen molar-refractivity contribution in [1.29, 1.82) is 0 Å². The summed E-state index contributed by atoms with van der Waals surface area (Å²) in [5.74, 6) is 0.0774. The summed E-state index contributed by atoms with van der Waals surface area (Å²) >= 11 is 12.0. The first-order valence-electron chi connectivity index (χ1n) is 9.85. The van der Waals surface area contributed by atoms with Gasteiger partial charge in [0, 0.05) is 17.3 Å². The molecule has 5 atom stereocenters. The largest absolute Gasteiger partial charge is 0.497 e. The third-order valence-corrected chi connectivity index (χ3v) is 6.94. The van der Waals surface area contributed by atoms with Crippen molar-refractivity contribution in [2.24, 2.45) is 5.92 Å². The number of carbonyl (C=O) groups is 1. The predicted molar refractivity (Wildman–Crippen MR) is 117 cm³/mol. The van der Waals surface area contributed by atoms with E-state index in [4.69, 9.17) is 33.3 Å². The number of fused-ring (bicyclic) bond motifs is 2. The van der Waals surface area contributed by atoms with Crippen LogP contribution in [0.5, 0.6) is 5.75 Å². The molecule has 0 aromatic heterocycles. The highest BCUT2D eigenvalue weighted by Crippen LogP contribution is 2.46. The van der Waals surface area contributed by atoms with Crippen LogP contribution in [0.2, 0.25) is 5.02 Å². The number of aliphatic hydroxyl groups is 1. The van der Waals surface area contributed by atoms with Gasteiger partial charge in [-0.2, -0.15) is 0 Å². The Hall–Kier alpha value is -2.35. The van der Waals surface area contributed by atoms with Crippen molar-refractivity contribution in [1.82, 2.24) is 4.90 Å². The summed E-state index contributed by atoms with van der Waals surface area (Å²) in [4.78, 5) is 16.7. The molecule has 2 aromatic carbocycles. The highest BCUT2D eigenvalue weighted by molar-refractivity contribution is 7.80. The smallest absolute Gasteiger partial charge is 0.311 e. The van der Waals surface area contributed by atoms with Crippen LogP contribution in [-0.4, -0.2) is 52.5 Å². The van der Waals surface area contributed by atoms with Crippen LogP contribution in [-0.2, 0) is 16.1 Å². The molecule has 3 aliphatic heterocycles. The quantitative estimate of drug-likeness (QED) is 0.574. The summed E-state index contributed by atoms with van der Waals surface area (Å²) in [6.45, 7) is 0.543. The number of esters is 1. The number of ether oxygens (including phenoxy) is 2. The lowest BCUT2D eigenvalue weighted by Crippen LogP contribution is -2.66. The number of rotatable bonds is 4. The molecule has 1 saturated carbocycles. The third-order valence-electron chi connectivity index (χ3n) is 6.25. The Morgan fingerprint density at radius 1 is 1.17 bits per heavy atom. The first-order valence-corrected chi connectivity index (χ1v) is 10.6. The monoisotopic (exact) mass is 444 g/mol. The van der Waals surface area contributed by atoms with Gasteiger partial charge in [-0.15, -0.1) is 0 Å². The molecule has 4 aliphatic rings. The van der Waals surface area contributed by atoms with E-state index < -0.39 is 18.1 Å². The molecule has 8 heteroatoms. The fourth-order valence-corrected chi connectivity index (χ4v) is 5.41. The molecule has 3 heterocycles. The molecule has 4 fully saturated rings. The van der Waals surface area contributed by atoms with Crippen LogP contribution < -0.4 is 9.64 Å². The number of thiocarbonyl (C=S) groups is 1. The Morgan fingerprint density at radius 3 is 2.53 bits per heavy atom. The summed E-state index contributed by atoms with van der Waals surface area (Å²) in [7, 11) is 1.63. The van der Waals surface area contributed by atoms with E-state index in [0.717, 1.165) is 17.0 Å². The van der Waals surface area contributed by atoms with E-state index >= 15 is 0 Å². The Labute approximate surface area is 184 Å². The molecule has 1 aliphatic carbocycles. The zero-order valence-electron chi connectivity index (χ0n) is 16.3. The standard InChI is InChI=1S/C22H21ClN2O4S/c1-28-15-8-2-12(3-9-15)11-24-19-18(16-10-17(26)20(19)29-21(16)27)25(22(24)30)14-6-4-13(23)5-7-14/h2-9,16-20,26H,10-11H2,1H3/t16-,17+,18+,19+,20-/m0/s1. The van der Waals surface area contributed by atoms with Crippen molar-refractivity contribution < 1.29 is 19.4 Å². The first kappa shape index (κ1) is 19.6. The summed E-state index contributed by atoms with van der Waals surface area (Å²) in [6, 6.07) is 14.8. The second-order valence-corrected chi connectivity index (χ2v) is 8.70. The molecule has 30 heavy (non-hydrogen) atoms. The van der Waals surface area contributed by atoms with Crippen molar-refractivity contribution in [3.05, 3.63) is 59.1 Å². The predicted octanol–water partition coefficient (Wildman–Crippen LogP) is 3.00. The van der Waals surface area contributed by atoms with Crippen LogP contribution in [0.25, 0.3) is 0 Å². The van der Waals surface area contributed by atoms with Crippen LogP contribution in [0.3, 0.4) is 0 Å². The van der Waals surface area contributed by atoms with Crippen molar-refractivity contribution in [3.8, 4) is 5.75 Å². The lowest BCUT2D eigenvalue weighted by atomic mass is 9.74. The number of hydrogen-bond acceptors (Lipinski definition) is 5. The highest BCUT2D eigenvalue weighted by Gasteiger charge is 2.62. The number of halogens is 1. The van der Waals surface area contributed by atoms with E-state index in [-0.39, 0.29) is 18.1 Å². The number of nitrogens with zero attached hydrogens (tertiary/aromatic N) is 2. The summed E-state index contributed by atoms with van der Waals surface area (Å²) in [6.07, 6.45) is -0.922. The van der Waals surface area contributed by atoms with Crippen LogP contribution in [0.1, 0.15) is 12.0 Å². The Bertz CT molecular complexity index is 984. The van der Waals surface area contributed by atoms with E-state index in [0.29, 0.717) is 23.1 Å². The summed E-state index contributed by atoms with van der Waals surface area (Å²) in [5.41, 5.74) is 1.93. The molecule has 0 unspecified atom stereocenters. The van der Waals surface area contributed by atoms with Crippen molar-refractivity contribution in [2.45, 2.75) is 37.3 Å². The van der Waals surface area contributed by atoms with Gasteiger partial charge >= 0.3 is 5.97 Å². The fourth-order valence-electron chi connectivity index (χ4n) is 4.87. The Balaban J connectivity index is 1.54. The van der Waals surface area contributed by atoms with Crippen LogP contribution in [0.15, 0.2) is 48.5 Å². The first-order chi connectivity index (χ1) is 14.5. The molecule has 1 N–H and O–H groups in total. The molecule has 6 rings (SSSR count). The average molecular weight is 445 g/mol. The Kier molecular flexibility index (Phi) is 4.84. The number of anilines is 1. The van der Waals surface area contributed by atoms with Crippen molar-refractivity contribution >= 4 is 40.6 Å². The number of aliphatic hydroxyl groups excluding tert-OH is 1. The van der Waals surface area contributed by atoms with Crippen LogP contribution in [0.4, 0.5) is 5.69 Å². The lowest BCUT2D eigenvalue weighted by molar-refractivity contribution is -0.194. The molecule has 0 radical (unpaired) electrons. The van der Waals surface area contributed by atoms with E-state index in [1.165, 1.54) is 0 Å². The minimum atomic E-state index is -0.694. The van der Waals surface area contributed by atoms with E-state index in [1.807, 2.05) is 53.4 Å². The molecular weight excluding hydrogens is 424 g/mol. The third kappa shape index (κ3) is 3.04. The molecule has 6 nitrogen and oxygen atoms in total. The highest BCUT2D eigenvalue weighted by atomic mass is 35.5. The molecule has 156 valence electrons. The molecule has 0 amide bonds. The van der Waals surface area contributed by atoms with Crippen LogP contribution >= 0.6 is 23.8 Å². The minimum absolute atomic E-state index is 0.188. The average Bonchev–Trinajstić information content (AvgIpc) is 3.03. The van der Waals surface area contributed by atoms with E-state index in [9.17, 15) is 9.90 Å². The normalized spacial score (nSPS) is 29.8. The maximum atomic E-state index is 12.6. The summed E-state index contributed by atoms with van der Waals surface area (Å²) < 4.78 is 10.9. The van der Waals surface area contributed by atoms with Gasteiger partial charge in [0.05, 0.1) is 31.2 Å². The van der Waals surface area contributed by atoms with Gasteiger partial charge in [0.2, 0.25) is 0 Å². The topological polar surface area (TPSA) is 62.2 Å². The van der Waals surface area contributed by atoms with Gasteiger partial charge in [0.15, 0.2) is 5.11 Å². The summed E-state index contributed by atoms with van der Waals surface area (Å²) in [5, 5.41) is 11.8. The van der Waals surface area contributed by atoms with E-state index in [1.54, 1.807) is 7.11 Å². The van der Waals surface area contributed by atoms with Crippen molar-refractivity contribution in [3.63, 3.8) is 0 Å². The number of benzene rings is 2.